The lowest BCUT2D eigenvalue weighted by Crippen LogP contribution is -2.56. The zero-order chi connectivity index (χ0) is 13.9. The van der Waals surface area contributed by atoms with E-state index in [1.807, 2.05) is 13.8 Å². The number of piperidine rings is 3. The van der Waals surface area contributed by atoms with Gasteiger partial charge in [-0.3, -0.25) is 0 Å². The summed E-state index contributed by atoms with van der Waals surface area (Å²) in [7, 11) is 0. The number of rotatable bonds is 6. The lowest BCUT2D eigenvalue weighted by Gasteiger charge is -2.45. The highest BCUT2D eigenvalue weighted by molar-refractivity contribution is 5.85. The fourth-order valence-corrected chi connectivity index (χ4v) is 3.28. The van der Waals surface area contributed by atoms with Crippen LogP contribution >= 0.6 is 0 Å². The first kappa shape index (κ1) is 14.6. The molecule has 3 fully saturated rings. The summed E-state index contributed by atoms with van der Waals surface area (Å²) in [6, 6.07) is 0.675. The summed E-state index contributed by atoms with van der Waals surface area (Å²) in [5.41, 5.74) is 5.48. The molecule has 0 aliphatic carbocycles. The molecule has 0 radical (unpaired) electrons. The van der Waals surface area contributed by atoms with Gasteiger partial charge in [0.2, 0.25) is 0 Å². The molecule has 1 unspecified atom stereocenters. The molecule has 110 valence electrons. The van der Waals surface area contributed by atoms with Gasteiger partial charge in [0.15, 0.2) is 0 Å². The smallest absolute Gasteiger partial charge is 0.144 e. The van der Waals surface area contributed by atoms with E-state index >= 15 is 0 Å². The number of nitrogens with two attached hydrogens (primary N) is 1. The molecule has 3 rings (SSSR count). The van der Waals surface area contributed by atoms with Crippen molar-refractivity contribution in [1.29, 1.82) is 0 Å². The highest BCUT2D eigenvalue weighted by atomic mass is 16.4. The first-order valence-corrected chi connectivity index (χ1v) is 7.46. The minimum absolute atomic E-state index is 0.217. The normalized spacial score (nSPS) is 31.7. The zero-order valence-corrected chi connectivity index (χ0v) is 12.2. The van der Waals surface area contributed by atoms with Crippen LogP contribution in [-0.4, -0.2) is 48.2 Å². The Morgan fingerprint density at radius 3 is 2.63 bits per heavy atom. The standard InChI is InChI=1S/C14H28N4O/c1-14(2,13(15)17-19)6-3-7-16-12-10-18-8-4-11(12)5-9-18/h11-12,16,19H,3-10H2,1-2H3,(H2,15,17). The molecule has 1 atom stereocenters. The van der Waals surface area contributed by atoms with Gasteiger partial charge in [-0.2, -0.15) is 0 Å². The third-order valence-electron chi connectivity index (χ3n) is 4.84. The second-order valence-corrected chi connectivity index (χ2v) is 6.67. The lowest BCUT2D eigenvalue weighted by atomic mass is 9.83. The molecular formula is C14H28N4O. The first-order valence-electron chi connectivity index (χ1n) is 7.46. The van der Waals surface area contributed by atoms with Crippen LogP contribution in [0.3, 0.4) is 0 Å². The van der Waals surface area contributed by atoms with Crippen LogP contribution in [0.25, 0.3) is 0 Å². The van der Waals surface area contributed by atoms with Crippen molar-refractivity contribution in [3.8, 4) is 0 Å². The predicted octanol–water partition coefficient (Wildman–Crippen LogP) is 1.22. The predicted molar refractivity (Wildman–Crippen MR) is 77.4 cm³/mol. The summed E-state index contributed by atoms with van der Waals surface area (Å²) in [6.07, 6.45) is 4.71. The summed E-state index contributed by atoms with van der Waals surface area (Å²) in [5.74, 6) is 1.21. The number of hydrogen-bond donors (Lipinski definition) is 3. The summed E-state index contributed by atoms with van der Waals surface area (Å²) in [4.78, 5) is 2.57. The topological polar surface area (TPSA) is 73.9 Å². The fraction of sp³-hybridized carbons (Fsp3) is 0.929. The minimum Gasteiger partial charge on any atom is -0.409 e. The largest absolute Gasteiger partial charge is 0.409 e. The van der Waals surface area contributed by atoms with E-state index in [9.17, 15) is 0 Å². The third kappa shape index (κ3) is 3.60. The van der Waals surface area contributed by atoms with Crippen LogP contribution in [0.2, 0.25) is 0 Å². The van der Waals surface area contributed by atoms with E-state index in [2.05, 4.69) is 15.4 Å². The molecule has 19 heavy (non-hydrogen) atoms. The van der Waals surface area contributed by atoms with Gasteiger partial charge in [0.25, 0.3) is 0 Å². The van der Waals surface area contributed by atoms with Crippen LogP contribution in [-0.2, 0) is 0 Å². The van der Waals surface area contributed by atoms with E-state index in [1.54, 1.807) is 0 Å². The van der Waals surface area contributed by atoms with Gasteiger partial charge in [-0.1, -0.05) is 19.0 Å². The monoisotopic (exact) mass is 268 g/mol. The van der Waals surface area contributed by atoms with E-state index < -0.39 is 0 Å². The van der Waals surface area contributed by atoms with Gasteiger partial charge in [0.05, 0.1) is 0 Å². The molecule has 0 saturated carbocycles. The first-order chi connectivity index (χ1) is 9.03. The molecule has 5 nitrogen and oxygen atoms in total. The Morgan fingerprint density at radius 2 is 2.11 bits per heavy atom. The fourth-order valence-electron chi connectivity index (χ4n) is 3.28. The molecular weight excluding hydrogens is 240 g/mol. The quantitative estimate of drug-likeness (QED) is 0.223. The van der Waals surface area contributed by atoms with Crippen molar-refractivity contribution in [2.45, 2.75) is 45.6 Å². The number of fused-ring (bicyclic) bond motifs is 3. The third-order valence-corrected chi connectivity index (χ3v) is 4.84. The molecule has 0 spiro atoms. The number of nitrogens with zero attached hydrogens (tertiary/aromatic N) is 2. The van der Waals surface area contributed by atoms with Gasteiger partial charge in [0, 0.05) is 18.0 Å². The maximum Gasteiger partial charge on any atom is 0.144 e. The summed E-state index contributed by atoms with van der Waals surface area (Å²) in [6.45, 7) is 8.87. The molecule has 3 heterocycles. The molecule has 0 amide bonds. The van der Waals surface area contributed by atoms with Crippen molar-refractivity contribution in [3.63, 3.8) is 0 Å². The lowest BCUT2D eigenvalue weighted by molar-refractivity contribution is 0.0725. The van der Waals surface area contributed by atoms with E-state index in [1.165, 1.54) is 32.5 Å². The molecule has 0 aromatic carbocycles. The Balaban J connectivity index is 1.67. The maximum atomic E-state index is 8.74. The second kappa shape index (κ2) is 6.09. The summed E-state index contributed by atoms with van der Waals surface area (Å²) < 4.78 is 0. The van der Waals surface area contributed by atoms with E-state index in [0.717, 1.165) is 25.3 Å². The van der Waals surface area contributed by atoms with Gasteiger partial charge in [0.1, 0.15) is 5.84 Å². The van der Waals surface area contributed by atoms with Crippen molar-refractivity contribution in [1.82, 2.24) is 10.2 Å². The molecule has 0 aromatic heterocycles. The summed E-state index contributed by atoms with van der Waals surface area (Å²) in [5, 5.41) is 15.6. The number of hydrogen-bond acceptors (Lipinski definition) is 4. The highest BCUT2D eigenvalue weighted by Gasteiger charge is 2.33. The molecule has 3 aliphatic heterocycles. The highest BCUT2D eigenvalue weighted by Crippen LogP contribution is 2.27. The van der Waals surface area contributed by atoms with Crippen LogP contribution in [0.15, 0.2) is 5.16 Å². The average molecular weight is 268 g/mol. The van der Waals surface area contributed by atoms with Crippen molar-refractivity contribution in [2.75, 3.05) is 26.2 Å². The Hall–Kier alpha value is -0.810. The van der Waals surface area contributed by atoms with Crippen LogP contribution in [0.1, 0.15) is 39.5 Å². The Morgan fingerprint density at radius 1 is 1.42 bits per heavy atom. The van der Waals surface area contributed by atoms with Crippen LogP contribution in [0.5, 0.6) is 0 Å². The Labute approximate surface area is 116 Å². The van der Waals surface area contributed by atoms with Crippen LogP contribution < -0.4 is 11.1 Å². The summed E-state index contributed by atoms with van der Waals surface area (Å²) >= 11 is 0. The van der Waals surface area contributed by atoms with Gasteiger partial charge in [-0.15, -0.1) is 0 Å². The van der Waals surface area contributed by atoms with E-state index in [-0.39, 0.29) is 5.41 Å². The van der Waals surface area contributed by atoms with Gasteiger partial charge >= 0.3 is 0 Å². The molecule has 3 aliphatic rings. The van der Waals surface area contributed by atoms with Gasteiger partial charge in [-0.05, 0) is 51.2 Å². The molecule has 4 N–H and O–H groups in total. The van der Waals surface area contributed by atoms with Gasteiger partial charge in [-0.25, -0.2) is 0 Å². The van der Waals surface area contributed by atoms with Crippen molar-refractivity contribution >= 4 is 5.84 Å². The maximum absolute atomic E-state index is 8.74. The SMILES string of the molecule is CC(C)(CCCNC1CN2CCC1CC2)C(N)=NO. The van der Waals surface area contributed by atoms with Crippen LogP contribution in [0, 0.1) is 11.3 Å². The molecule has 2 bridgehead atoms. The number of oxime groups is 1. The Bertz CT molecular complexity index is 321. The Kier molecular flexibility index (Phi) is 4.68. The minimum atomic E-state index is -0.217. The van der Waals surface area contributed by atoms with E-state index in [4.69, 9.17) is 10.9 Å². The van der Waals surface area contributed by atoms with Crippen molar-refractivity contribution in [3.05, 3.63) is 0 Å². The van der Waals surface area contributed by atoms with E-state index in [0.29, 0.717) is 11.9 Å². The van der Waals surface area contributed by atoms with Crippen molar-refractivity contribution in [2.24, 2.45) is 22.2 Å². The second-order valence-electron chi connectivity index (χ2n) is 6.67. The molecule has 3 saturated heterocycles. The number of amidine groups is 1. The van der Waals surface area contributed by atoms with Crippen LogP contribution in [0.4, 0.5) is 0 Å². The zero-order valence-electron chi connectivity index (χ0n) is 12.2. The average Bonchev–Trinajstić information content (AvgIpc) is 2.44. The molecule has 0 aromatic rings. The number of nitrogens with one attached hydrogen (secondary N) is 1. The van der Waals surface area contributed by atoms with Gasteiger partial charge < -0.3 is 21.2 Å². The molecule has 5 heteroatoms. The van der Waals surface area contributed by atoms with Crippen molar-refractivity contribution < 1.29 is 5.21 Å².